The van der Waals surface area contributed by atoms with Crippen molar-refractivity contribution in [2.75, 3.05) is 13.2 Å². The summed E-state index contributed by atoms with van der Waals surface area (Å²) >= 11 is 5.74. The van der Waals surface area contributed by atoms with Gasteiger partial charge in [0, 0.05) is 12.6 Å². The van der Waals surface area contributed by atoms with E-state index in [0.29, 0.717) is 6.54 Å². The summed E-state index contributed by atoms with van der Waals surface area (Å²) in [5, 5.41) is 13.8. The van der Waals surface area contributed by atoms with Crippen molar-refractivity contribution in [3.05, 3.63) is 38.9 Å². The zero-order valence-corrected chi connectivity index (χ0v) is 16.2. The van der Waals surface area contributed by atoms with Gasteiger partial charge in [0.15, 0.2) is 6.61 Å². The van der Waals surface area contributed by atoms with Crippen LogP contribution in [0.15, 0.2) is 18.2 Å². The lowest BCUT2D eigenvalue weighted by atomic mass is 9.49. The number of nitrogens with one attached hydrogen (secondary N) is 1. The lowest BCUT2D eigenvalue weighted by Crippen LogP contribution is -2.51. The van der Waals surface area contributed by atoms with Crippen LogP contribution < -0.4 is 5.32 Å². The fraction of sp³-hybridized carbons (Fsp3) is 0.600. The van der Waals surface area contributed by atoms with E-state index in [0.717, 1.165) is 23.8 Å². The average Bonchev–Trinajstić information content (AvgIpc) is 2.63. The molecule has 1 aromatic carbocycles. The Morgan fingerprint density at radius 3 is 2.36 bits per heavy atom. The molecule has 8 heteroatoms. The van der Waals surface area contributed by atoms with Gasteiger partial charge in [0.2, 0.25) is 0 Å². The molecule has 150 valence electrons. The number of nitro benzene ring substituents is 1. The number of rotatable bonds is 6. The highest BCUT2D eigenvalue weighted by Gasteiger charge is 2.50. The smallest absolute Gasteiger partial charge is 0.338 e. The molecule has 0 radical (unpaired) electrons. The van der Waals surface area contributed by atoms with Gasteiger partial charge in [0.25, 0.3) is 11.6 Å². The molecule has 0 heterocycles. The molecule has 28 heavy (non-hydrogen) atoms. The molecular weight excluding hydrogens is 384 g/mol. The van der Waals surface area contributed by atoms with Crippen molar-refractivity contribution < 1.29 is 19.2 Å². The van der Waals surface area contributed by atoms with E-state index in [2.05, 4.69) is 5.32 Å². The Balaban J connectivity index is 1.29. The number of esters is 1. The minimum absolute atomic E-state index is 0.00927. The van der Waals surface area contributed by atoms with Crippen molar-refractivity contribution in [1.29, 1.82) is 0 Å². The van der Waals surface area contributed by atoms with Crippen molar-refractivity contribution in [2.24, 2.45) is 23.2 Å². The molecule has 7 nitrogen and oxygen atoms in total. The maximum absolute atomic E-state index is 12.2. The number of amides is 1. The van der Waals surface area contributed by atoms with E-state index >= 15 is 0 Å². The predicted molar refractivity (Wildman–Crippen MR) is 102 cm³/mol. The van der Waals surface area contributed by atoms with Gasteiger partial charge < -0.3 is 10.1 Å². The van der Waals surface area contributed by atoms with Crippen LogP contribution in [0.1, 0.15) is 48.9 Å². The Morgan fingerprint density at radius 2 is 1.79 bits per heavy atom. The van der Waals surface area contributed by atoms with Crippen LogP contribution in [0.5, 0.6) is 0 Å². The first-order chi connectivity index (χ1) is 13.3. The maximum atomic E-state index is 12.2. The van der Waals surface area contributed by atoms with Gasteiger partial charge in [-0.3, -0.25) is 14.9 Å². The van der Waals surface area contributed by atoms with E-state index in [9.17, 15) is 19.7 Å². The van der Waals surface area contributed by atoms with Crippen LogP contribution in [0.4, 0.5) is 5.69 Å². The standard InChI is InChI=1S/C20H23ClN2O5/c21-16-2-1-15(6-17(16)23(26)27)19(25)28-10-18(24)22-11-20-7-12-3-13(8-20)5-14(4-12)9-20/h1-2,6,12-14H,3-5,7-11H2,(H,22,24). The number of carbonyl (C=O) groups excluding carboxylic acids is 2. The molecule has 0 atom stereocenters. The number of halogens is 1. The third-order valence-corrected chi connectivity index (χ3v) is 6.86. The highest BCUT2D eigenvalue weighted by Crippen LogP contribution is 2.59. The molecule has 1 amide bonds. The first-order valence-electron chi connectivity index (χ1n) is 9.71. The van der Waals surface area contributed by atoms with Crippen LogP contribution in [0, 0.1) is 33.3 Å². The van der Waals surface area contributed by atoms with Crippen molar-refractivity contribution in [3.8, 4) is 0 Å². The van der Waals surface area contributed by atoms with Gasteiger partial charge in [-0.05, 0) is 73.8 Å². The molecule has 4 saturated carbocycles. The first kappa shape index (κ1) is 19.2. The second kappa shape index (κ2) is 7.35. The van der Waals surface area contributed by atoms with Crippen LogP contribution >= 0.6 is 11.6 Å². The lowest BCUT2D eigenvalue weighted by molar-refractivity contribution is -0.384. The van der Waals surface area contributed by atoms with Crippen molar-refractivity contribution in [3.63, 3.8) is 0 Å². The molecule has 0 aliphatic heterocycles. The number of hydrogen-bond donors (Lipinski definition) is 1. The van der Waals surface area contributed by atoms with Crippen molar-refractivity contribution in [1.82, 2.24) is 5.32 Å². The fourth-order valence-corrected chi connectivity index (χ4v) is 6.02. The van der Waals surface area contributed by atoms with E-state index in [-0.39, 0.29) is 27.6 Å². The number of hydrogen-bond acceptors (Lipinski definition) is 5. The summed E-state index contributed by atoms with van der Waals surface area (Å²) in [6, 6.07) is 3.66. The quantitative estimate of drug-likeness (QED) is 0.440. The van der Waals surface area contributed by atoms with Crippen LogP contribution in [0.3, 0.4) is 0 Å². The number of nitro groups is 1. The maximum Gasteiger partial charge on any atom is 0.338 e. The molecular formula is C20H23ClN2O5. The van der Waals surface area contributed by atoms with Crippen LogP contribution in [-0.4, -0.2) is 30.0 Å². The SMILES string of the molecule is O=C(COC(=O)c1ccc(Cl)c([N+](=O)[O-])c1)NCC12CC3CC(CC(C3)C1)C2. The fourth-order valence-electron chi connectivity index (χ4n) is 5.84. The molecule has 0 spiro atoms. The van der Waals surface area contributed by atoms with Gasteiger partial charge in [0.1, 0.15) is 5.02 Å². The van der Waals surface area contributed by atoms with E-state index in [1.54, 1.807) is 0 Å². The highest BCUT2D eigenvalue weighted by molar-refractivity contribution is 6.32. The van der Waals surface area contributed by atoms with Gasteiger partial charge in [-0.25, -0.2) is 4.79 Å². The monoisotopic (exact) mass is 406 g/mol. The predicted octanol–water partition coefficient (Wildman–Crippen LogP) is 3.74. The summed E-state index contributed by atoms with van der Waals surface area (Å²) in [4.78, 5) is 34.5. The molecule has 1 aromatic rings. The summed E-state index contributed by atoms with van der Waals surface area (Å²) in [5.41, 5.74) is -0.169. The summed E-state index contributed by atoms with van der Waals surface area (Å²) < 4.78 is 5.02. The number of benzene rings is 1. The lowest BCUT2D eigenvalue weighted by Gasteiger charge is -2.56. The molecule has 1 N–H and O–H groups in total. The molecule has 0 aromatic heterocycles. The summed E-state index contributed by atoms with van der Waals surface area (Å²) in [6.45, 7) is 0.237. The number of ether oxygens (including phenoxy) is 1. The van der Waals surface area contributed by atoms with Crippen molar-refractivity contribution in [2.45, 2.75) is 38.5 Å². The van der Waals surface area contributed by atoms with Crippen LogP contribution in [0.2, 0.25) is 5.02 Å². The normalized spacial score (nSPS) is 30.1. The average molecular weight is 407 g/mol. The number of carbonyl (C=O) groups is 2. The molecule has 0 unspecified atom stereocenters. The van der Waals surface area contributed by atoms with E-state index < -0.39 is 17.5 Å². The minimum atomic E-state index is -0.787. The highest BCUT2D eigenvalue weighted by atomic mass is 35.5. The third-order valence-electron chi connectivity index (χ3n) is 6.54. The van der Waals surface area contributed by atoms with Gasteiger partial charge in [-0.1, -0.05) is 11.6 Å². The Morgan fingerprint density at radius 1 is 1.18 bits per heavy atom. The molecule has 4 fully saturated rings. The molecule has 4 bridgehead atoms. The summed E-state index contributed by atoms with van der Waals surface area (Å²) in [5.74, 6) is 1.29. The Hall–Kier alpha value is -2.15. The Kier molecular flexibility index (Phi) is 5.04. The third kappa shape index (κ3) is 3.85. The Labute approximate surface area is 167 Å². The molecule has 0 saturated heterocycles. The zero-order chi connectivity index (χ0) is 19.9. The number of nitrogens with zero attached hydrogens (tertiary/aromatic N) is 1. The van der Waals surface area contributed by atoms with E-state index in [4.69, 9.17) is 16.3 Å². The second-order valence-corrected chi connectivity index (χ2v) is 9.10. The molecule has 5 rings (SSSR count). The van der Waals surface area contributed by atoms with E-state index in [1.807, 2.05) is 0 Å². The van der Waals surface area contributed by atoms with Crippen LogP contribution in [-0.2, 0) is 9.53 Å². The van der Waals surface area contributed by atoms with Crippen molar-refractivity contribution >= 4 is 29.2 Å². The minimum Gasteiger partial charge on any atom is -0.452 e. The summed E-state index contributed by atoms with van der Waals surface area (Å²) in [6.07, 6.45) is 7.60. The largest absolute Gasteiger partial charge is 0.452 e. The van der Waals surface area contributed by atoms with Gasteiger partial charge in [0.05, 0.1) is 10.5 Å². The van der Waals surface area contributed by atoms with Gasteiger partial charge >= 0.3 is 5.97 Å². The zero-order valence-electron chi connectivity index (χ0n) is 15.5. The second-order valence-electron chi connectivity index (χ2n) is 8.69. The van der Waals surface area contributed by atoms with Gasteiger partial charge in [-0.2, -0.15) is 0 Å². The summed E-state index contributed by atoms with van der Waals surface area (Å²) in [7, 11) is 0. The topological polar surface area (TPSA) is 98.5 Å². The molecule has 4 aliphatic carbocycles. The van der Waals surface area contributed by atoms with Gasteiger partial charge in [-0.15, -0.1) is 0 Å². The first-order valence-corrected chi connectivity index (χ1v) is 10.1. The Bertz CT molecular complexity index is 790. The molecule has 4 aliphatic rings. The van der Waals surface area contributed by atoms with E-state index in [1.165, 1.54) is 50.7 Å². The van der Waals surface area contributed by atoms with Crippen LogP contribution in [0.25, 0.3) is 0 Å².